The summed E-state index contributed by atoms with van der Waals surface area (Å²) >= 11 is 0. The van der Waals surface area contributed by atoms with E-state index in [0.717, 1.165) is 64.2 Å². The average molecular weight is 881 g/mol. The smallest absolute Gasteiger partial charge is 0.457 e. The van der Waals surface area contributed by atoms with E-state index < -0.39 is 63.1 Å². The summed E-state index contributed by atoms with van der Waals surface area (Å²) in [5.41, 5.74) is 0. The molecule has 13 heteroatoms. The van der Waals surface area contributed by atoms with Crippen LogP contribution >= 0.6 is 7.82 Å². The third-order valence-corrected chi connectivity index (χ3v) is 11.0. The van der Waals surface area contributed by atoms with Gasteiger partial charge < -0.3 is 39.9 Å². The van der Waals surface area contributed by atoms with E-state index in [9.17, 15) is 39.8 Å². The Morgan fingerprint density at radius 1 is 0.541 bits per heavy atom. The second-order valence-corrected chi connectivity index (χ2v) is 16.9. The Bertz CT molecular complexity index is 1330. The minimum Gasteiger partial charge on any atom is -0.457 e. The van der Waals surface area contributed by atoms with Crippen LogP contribution < -0.4 is 0 Å². The molecule has 0 aromatic heterocycles. The topological polar surface area (TPSA) is 192 Å². The Labute approximate surface area is 367 Å². The van der Waals surface area contributed by atoms with E-state index in [0.29, 0.717) is 19.4 Å². The van der Waals surface area contributed by atoms with Crippen LogP contribution in [-0.2, 0) is 27.9 Å². The zero-order valence-electron chi connectivity index (χ0n) is 37.2. The number of unbranched alkanes of at least 4 members (excludes halogenated alkanes) is 11. The summed E-state index contributed by atoms with van der Waals surface area (Å²) in [5.74, 6) is -0.538. The van der Waals surface area contributed by atoms with Gasteiger partial charge in [-0.2, -0.15) is 0 Å². The van der Waals surface area contributed by atoms with Crippen LogP contribution in [0.4, 0.5) is 0 Å². The number of phosphoric ester groups is 1. The van der Waals surface area contributed by atoms with Crippen molar-refractivity contribution < 1.29 is 58.3 Å². The zero-order chi connectivity index (χ0) is 44.8. The number of hydrogen-bond donors (Lipinski definition) is 6. The van der Waals surface area contributed by atoms with Gasteiger partial charge in [-0.15, -0.1) is 0 Å². The Balaban J connectivity index is 2.43. The number of phosphoric acid groups is 1. The van der Waals surface area contributed by atoms with Crippen molar-refractivity contribution in [3.63, 3.8) is 0 Å². The summed E-state index contributed by atoms with van der Waals surface area (Å²) in [6, 6.07) is 0. The number of hydrogen-bond acceptors (Lipinski definition) is 11. The van der Waals surface area contributed by atoms with Gasteiger partial charge in [-0.05, 0) is 64.2 Å². The van der Waals surface area contributed by atoms with E-state index >= 15 is 0 Å². The third-order valence-electron chi connectivity index (χ3n) is 10.0. The number of allylic oxidation sites excluding steroid dienone is 14. The minimum absolute atomic E-state index is 0.102. The SMILES string of the molecule is CC/C=C\C/C=C\C/C=C\C/C=C\C/C=C\C/C=C\C/C=C\CCCC(=O)OC(COCCCCCCCCCCCCC)COP(=O)(O)OC1C(O)C(O)C(O)C(O)C1O. The molecule has 0 saturated heterocycles. The molecular formula is C48H81O12P. The van der Waals surface area contributed by atoms with E-state index in [-0.39, 0.29) is 13.0 Å². The van der Waals surface area contributed by atoms with Crippen LogP contribution in [0.25, 0.3) is 0 Å². The predicted octanol–water partition coefficient (Wildman–Crippen LogP) is 9.36. The molecule has 0 spiro atoms. The fourth-order valence-corrected chi connectivity index (χ4v) is 7.37. The van der Waals surface area contributed by atoms with Gasteiger partial charge in [0.05, 0.1) is 13.2 Å². The van der Waals surface area contributed by atoms with Crippen LogP contribution in [0, 0.1) is 0 Å². The van der Waals surface area contributed by atoms with Crippen molar-refractivity contribution in [2.24, 2.45) is 0 Å². The molecule has 1 rings (SSSR count). The number of carbonyl (C=O) groups excluding carboxylic acids is 1. The molecule has 0 radical (unpaired) electrons. The highest BCUT2D eigenvalue weighted by Crippen LogP contribution is 2.47. The molecule has 12 nitrogen and oxygen atoms in total. The number of esters is 1. The van der Waals surface area contributed by atoms with Crippen molar-refractivity contribution in [1.82, 2.24) is 0 Å². The lowest BCUT2D eigenvalue weighted by molar-refractivity contribution is -0.220. The lowest BCUT2D eigenvalue weighted by Crippen LogP contribution is -2.64. The quantitative estimate of drug-likeness (QED) is 0.0150. The second-order valence-electron chi connectivity index (χ2n) is 15.5. The van der Waals surface area contributed by atoms with E-state index in [2.05, 4.69) is 86.8 Å². The molecule has 1 aliphatic rings. The third kappa shape index (κ3) is 30.3. The molecule has 6 atom stereocenters. The highest BCUT2D eigenvalue weighted by atomic mass is 31.2. The van der Waals surface area contributed by atoms with E-state index in [1.54, 1.807) is 0 Å². The molecule has 350 valence electrons. The van der Waals surface area contributed by atoms with Crippen LogP contribution in [0.1, 0.15) is 149 Å². The molecule has 0 amide bonds. The maximum absolute atomic E-state index is 12.8. The summed E-state index contributed by atoms with van der Waals surface area (Å²) < 4.78 is 34.0. The van der Waals surface area contributed by atoms with Crippen LogP contribution in [0.2, 0.25) is 0 Å². The van der Waals surface area contributed by atoms with Gasteiger partial charge in [-0.1, -0.05) is 163 Å². The Hall–Kier alpha value is -2.48. The normalized spacial score (nSPS) is 23.0. The largest absolute Gasteiger partial charge is 0.472 e. The molecule has 6 N–H and O–H groups in total. The van der Waals surface area contributed by atoms with E-state index in [1.807, 2.05) is 12.2 Å². The van der Waals surface area contributed by atoms with Gasteiger partial charge in [0.25, 0.3) is 0 Å². The highest BCUT2D eigenvalue weighted by Gasteiger charge is 2.51. The van der Waals surface area contributed by atoms with E-state index in [1.165, 1.54) is 51.4 Å². The lowest BCUT2D eigenvalue weighted by atomic mass is 9.85. The van der Waals surface area contributed by atoms with Gasteiger partial charge in [-0.25, -0.2) is 4.57 Å². The first kappa shape index (κ1) is 56.5. The maximum atomic E-state index is 12.8. The molecule has 1 saturated carbocycles. The van der Waals surface area contributed by atoms with Crippen molar-refractivity contribution in [2.75, 3.05) is 19.8 Å². The predicted molar refractivity (Wildman–Crippen MR) is 244 cm³/mol. The number of ether oxygens (including phenoxy) is 2. The summed E-state index contributed by atoms with van der Waals surface area (Å²) in [6.07, 6.45) is 38.1. The van der Waals surface area contributed by atoms with Crippen molar-refractivity contribution >= 4 is 13.8 Å². The minimum atomic E-state index is -5.03. The summed E-state index contributed by atoms with van der Waals surface area (Å²) in [4.78, 5) is 23.1. The Kier molecular flexibility index (Phi) is 35.2. The zero-order valence-corrected chi connectivity index (χ0v) is 38.1. The van der Waals surface area contributed by atoms with Crippen LogP contribution in [-0.4, -0.2) is 98.9 Å². The summed E-state index contributed by atoms with van der Waals surface area (Å²) in [5, 5.41) is 50.1. The lowest BCUT2D eigenvalue weighted by Gasteiger charge is -2.41. The summed E-state index contributed by atoms with van der Waals surface area (Å²) in [7, 11) is -5.03. The molecule has 0 aromatic rings. The molecule has 6 unspecified atom stereocenters. The van der Waals surface area contributed by atoms with Gasteiger partial charge in [0.15, 0.2) is 0 Å². The van der Waals surface area contributed by atoms with Gasteiger partial charge in [0.1, 0.15) is 42.7 Å². The number of aliphatic hydroxyl groups is 5. The molecule has 61 heavy (non-hydrogen) atoms. The molecule has 0 bridgehead atoms. The van der Waals surface area contributed by atoms with Crippen molar-refractivity contribution in [2.45, 2.75) is 191 Å². The molecule has 0 heterocycles. The van der Waals surface area contributed by atoms with Crippen molar-refractivity contribution in [1.29, 1.82) is 0 Å². The van der Waals surface area contributed by atoms with Crippen LogP contribution in [0.15, 0.2) is 85.1 Å². The van der Waals surface area contributed by atoms with Gasteiger partial charge in [-0.3, -0.25) is 13.8 Å². The molecule has 0 aromatic carbocycles. The number of rotatable bonds is 37. The van der Waals surface area contributed by atoms with Crippen molar-refractivity contribution in [3.8, 4) is 0 Å². The highest BCUT2D eigenvalue weighted by molar-refractivity contribution is 7.47. The number of carbonyl (C=O) groups is 1. The Morgan fingerprint density at radius 3 is 1.41 bits per heavy atom. The van der Waals surface area contributed by atoms with Crippen molar-refractivity contribution in [3.05, 3.63) is 85.1 Å². The Morgan fingerprint density at radius 2 is 0.951 bits per heavy atom. The monoisotopic (exact) mass is 881 g/mol. The van der Waals surface area contributed by atoms with Crippen LogP contribution in [0.3, 0.4) is 0 Å². The van der Waals surface area contributed by atoms with E-state index in [4.69, 9.17) is 18.5 Å². The second kappa shape index (κ2) is 38.0. The standard InChI is InChI=1S/C48H81O12P/c1-3-5-7-9-11-13-15-16-17-18-19-20-21-22-23-24-25-26-27-29-31-33-35-37-42(49)59-41(39-57-38-36-34-32-30-28-14-12-10-8-6-4-2)40-58-61(55,56)60-48-46(53)44(51)43(50)45(52)47(48)54/h5,7,11,13,16-17,19-20,22-23,25-26,29,31,41,43-48,50-54H,3-4,6,8-10,12,14-15,18,21,24,27-28,30,32-40H2,1-2H3,(H,55,56)/b7-5-,13-11-,17-16-,20-19-,23-22-,26-25-,31-29-. The van der Waals surface area contributed by atoms with Gasteiger partial charge >= 0.3 is 13.8 Å². The fraction of sp³-hybridized carbons (Fsp3) is 0.688. The van der Waals surface area contributed by atoms with Gasteiger partial charge in [0, 0.05) is 13.0 Å². The first-order valence-electron chi connectivity index (χ1n) is 22.9. The average Bonchev–Trinajstić information content (AvgIpc) is 3.24. The van der Waals surface area contributed by atoms with Gasteiger partial charge in [0.2, 0.25) is 0 Å². The molecular weight excluding hydrogens is 799 g/mol. The first-order valence-corrected chi connectivity index (χ1v) is 24.4. The molecule has 1 aliphatic carbocycles. The summed E-state index contributed by atoms with van der Waals surface area (Å²) in [6.45, 7) is 4.05. The molecule has 0 aliphatic heterocycles. The fourth-order valence-electron chi connectivity index (χ4n) is 6.40. The van der Waals surface area contributed by atoms with Crippen LogP contribution in [0.5, 0.6) is 0 Å². The number of aliphatic hydroxyl groups excluding tert-OH is 5. The first-order chi connectivity index (χ1) is 29.5. The maximum Gasteiger partial charge on any atom is 0.472 e. The molecule has 1 fully saturated rings.